The predicted octanol–water partition coefficient (Wildman–Crippen LogP) is 2.87. The van der Waals surface area contributed by atoms with Crippen molar-refractivity contribution in [2.24, 2.45) is 0 Å². The van der Waals surface area contributed by atoms with Gasteiger partial charge in [0.1, 0.15) is 0 Å². The first-order chi connectivity index (χ1) is 9.33. The van der Waals surface area contributed by atoms with Crippen LogP contribution >= 0.6 is 0 Å². The van der Waals surface area contributed by atoms with Crippen molar-refractivity contribution in [2.45, 2.75) is 38.6 Å². The monoisotopic (exact) mass is 255 g/mol. The second-order valence-electron chi connectivity index (χ2n) is 5.41. The van der Waals surface area contributed by atoms with Crippen molar-refractivity contribution in [2.75, 3.05) is 6.54 Å². The summed E-state index contributed by atoms with van der Waals surface area (Å²) in [6.07, 6.45) is 9.17. The molecule has 1 aliphatic rings. The summed E-state index contributed by atoms with van der Waals surface area (Å²) in [5.74, 6) is 0. The van der Waals surface area contributed by atoms with E-state index < -0.39 is 0 Å². The summed E-state index contributed by atoms with van der Waals surface area (Å²) in [5.41, 5.74) is 3.75. The van der Waals surface area contributed by atoms with Gasteiger partial charge in [-0.25, -0.2) is 4.68 Å². The van der Waals surface area contributed by atoms with Gasteiger partial charge in [0.25, 0.3) is 0 Å². The lowest BCUT2D eigenvalue weighted by Gasteiger charge is -2.04. The quantitative estimate of drug-likeness (QED) is 0.804. The maximum absolute atomic E-state index is 4.47. The molecule has 0 unspecified atom stereocenters. The Balaban J connectivity index is 1.57. The molecule has 0 radical (unpaired) electrons. The van der Waals surface area contributed by atoms with Crippen LogP contribution in [0.4, 0.5) is 0 Å². The van der Waals surface area contributed by atoms with E-state index in [0.717, 1.165) is 19.0 Å². The fraction of sp³-hybridized carbons (Fsp3) is 0.438. The van der Waals surface area contributed by atoms with Crippen LogP contribution in [-0.4, -0.2) is 22.4 Å². The Morgan fingerprint density at radius 3 is 2.95 bits per heavy atom. The number of hydrogen-bond donors (Lipinski definition) is 1. The summed E-state index contributed by atoms with van der Waals surface area (Å²) >= 11 is 0. The van der Waals surface area contributed by atoms with Crippen molar-refractivity contribution in [1.82, 2.24) is 15.1 Å². The van der Waals surface area contributed by atoms with Crippen molar-refractivity contribution >= 4 is 0 Å². The van der Waals surface area contributed by atoms with Gasteiger partial charge in [-0.1, -0.05) is 18.2 Å². The molecule has 1 heterocycles. The lowest BCUT2D eigenvalue weighted by Crippen LogP contribution is -2.17. The first kappa shape index (κ1) is 12.4. The van der Waals surface area contributed by atoms with Gasteiger partial charge in [-0.3, -0.25) is 0 Å². The van der Waals surface area contributed by atoms with E-state index in [4.69, 9.17) is 0 Å². The minimum absolute atomic E-state index is 0.815. The first-order valence-electron chi connectivity index (χ1n) is 7.16. The molecule has 3 heteroatoms. The molecular formula is C16H21N3. The number of nitrogens with zero attached hydrogens (tertiary/aromatic N) is 2. The zero-order chi connectivity index (χ0) is 13.1. The second-order valence-corrected chi connectivity index (χ2v) is 5.41. The van der Waals surface area contributed by atoms with Crippen LogP contribution in [0.5, 0.6) is 0 Å². The minimum atomic E-state index is 0.815. The molecule has 3 rings (SSSR count). The number of aryl methyl sites for hydroxylation is 2. The standard InChI is InChI=1S/C16H21N3/c1-13-5-2-3-7-16(13)19-12-14(11-18-19)6-4-10-17-15-8-9-15/h2-3,5,7,11-12,15,17H,4,6,8-10H2,1H3. The van der Waals surface area contributed by atoms with Crippen molar-refractivity contribution < 1.29 is 0 Å². The molecule has 0 saturated heterocycles. The van der Waals surface area contributed by atoms with Gasteiger partial charge in [0.15, 0.2) is 0 Å². The van der Waals surface area contributed by atoms with Gasteiger partial charge in [-0.15, -0.1) is 0 Å². The molecule has 1 fully saturated rings. The molecule has 0 aliphatic heterocycles. The Labute approximate surface area is 114 Å². The average molecular weight is 255 g/mol. The normalized spacial score (nSPS) is 14.8. The van der Waals surface area contributed by atoms with Crippen LogP contribution in [-0.2, 0) is 6.42 Å². The highest BCUT2D eigenvalue weighted by Gasteiger charge is 2.19. The maximum Gasteiger partial charge on any atom is 0.0674 e. The topological polar surface area (TPSA) is 29.9 Å². The largest absolute Gasteiger partial charge is 0.314 e. The number of hydrogen-bond acceptors (Lipinski definition) is 2. The fourth-order valence-electron chi connectivity index (χ4n) is 2.33. The number of aromatic nitrogens is 2. The molecule has 0 amide bonds. The van der Waals surface area contributed by atoms with E-state index in [9.17, 15) is 0 Å². The molecule has 1 aliphatic carbocycles. The summed E-state index contributed by atoms with van der Waals surface area (Å²) in [4.78, 5) is 0. The van der Waals surface area contributed by atoms with E-state index in [0.29, 0.717) is 0 Å². The third-order valence-corrected chi connectivity index (χ3v) is 3.65. The minimum Gasteiger partial charge on any atom is -0.314 e. The molecule has 1 saturated carbocycles. The second kappa shape index (κ2) is 5.57. The Kier molecular flexibility index (Phi) is 3.65. The zero-order valence-electron chi connectivity index (χ0n) is 11.5. The van der Waals surface area contributed by atoms with Gasteiger partial charge < -0.3 is 5.32 Å². The molecule has 3 nitrogen and oxygen atoms in total. The highest BCUT2D eigenvalue weighted by atomic mass is 15.3. The zero-order valence-corrected chi connectivity index (χ0v) is 11.5. The van der Waals surface area contributed by atoms with E-state index in [1.165, 1.54) is 36.1 Å². The predicted molar refractivity (Wildman–Crippen MR) is 77.6 cm³/mol. The fourth-order valence-corrected chi connectivity index (χ4v) is 2.33. The van der Waals surface area contributed by atoms with E-state index in [1.807, 2.05) is 10.9 Å². The molecule has 0 spiro atoms. The molecule has 1 N–H and O–H groups in total. The van der Waals surface area contributed by atoms with Crippen molar-refractivity contribution in [3.8, 4) is 5.69 Å². The van der Waals surface area contributed by atoms with Crippen molar-refractivity contribution in [1.29, 1.82) is 0 Å². The summed E-state index contributed by atoms with van der Waals surface area (Å²) in [6.45, 7) is 3.25. The lowest BCUT2D eigenvalue weighted by molar-refractivity contribution is 0.645. The summed E-state index contributed by atoms with van der Waals surface area (Å²) < 4.78 is 1.99. The van der Waals surface area contributed by atoms with E-state index in [2.05, 4.69) is 47.8 Å². The Bertz CT molecular complexity index is 540. The van der Waals surface area contributed by atoms with Gasteiger partial charge >= 0.3 is 0 Å². The number of nitrogens with one attached hydrogen (secondary N) is 1. The third kappa shape index (κ3) is 3.24. The lowest BCUT2D eigenvalue weighted by atomic mass is 10.2. The highest BCUT2D eigenvalue weighted by Crippen LogP contribution is 2.18. The van der Waals surface area contributed by atoms with Crippen LogP contribution in [0, 0.1) is 6.92 Å². The van der Waals surface area contributed by atoms with Gasteiger partial charge in [0.2, 0.25) is 0 Å². The number of para-hydroxylation sites is 1. The Morgan fingerprint density at radius 1 is 1.32 bits per heavy atom. The van der Waals surface area contributed by atoms with Gasteiger partial charge in [-0.2, -0.15) is 5.10 Å². The molecule has 0 bridgehead atoms. The van der Waals surface area contributed by atoms with E-state index >= 15 is 0 Å². The molecule has 2 aromatic rings. The molecule has 100 valence electrons. The molecule has 19 heavy (non-hydrogen) atoms. The Hall–Kier alpha value is -1.61. The first-order valence-corrected chi connectivity index (χ1v) is 7.16. The number of rotatable bonds is 6. The van der Waals surface area contributed by atoms with Crippen LogP contribution < -0.4 is 5.32 Å². The number of benzene rings is 1. The summed E-state index contributed by atoms with van der Waals surface area (Å²) in [7, 11) is 0. The van der Waals surface area contributed by atoms with Crippen LogP contribution in [0.25, 0.3) is 5.69 Å². The van der Waals surface area contributed by atoms with Crippen molar-refractivity contribution in [3.63, 3.8) is 0 Å². The Morgan fingerprint density at radius 2 is 2.16 bits per heavy atom. The molecule has 1 aromatic heterocycles. The van der Waals surface area contributed by atoms with E-state index in [1.54, 1.807) is 0 Å². The average Bonchev–Trinajstić information content (AvgIpc) is 3.13. The smallest absolute Gasteiger partial charge is 0.0674 e. The molecule has 0 atom stereocenters. The SMILES string of the molecule is Cc1ccccc1-n1cc(CCCNC2CC2)cn1. The molecule has 1 aromatic carbocycles. The maximum atomic E-state index is 4.47. The van der Waals surface area contributed by atoms with Crippen LogP contribution in [0.15, 0.2) is 36.7 Å². The van der Waals surface area contributed by atoms with Gasteiger partial charge in [-0.05, 0) is 56.3 Å². The van der Waals surface area contributed by atoms with Gasteiger partial charge in [0, 0.05) is 12.2 Å². The summed E-state index contributed by atoms with van der Waals surface area (Å²) in [5, 5.41) is 8.02. The van der Waals surface area contributed by atoms with Crippen molar-refractivity contribution in [3.05, 3.63) is 47.8 Å². The highest BCUT2D eigenvalue weighted by molar-refractivity contribution is 5.39. The van der Waals surface area contributed by atoms with Crippen LogP contribution in [0.3, 0.4) is 0 Å². The van der Waals surface area contributed by atoms with E-state index in [-0.39, 0.29) is 0 Å². The van der Waals surface area contributed by atoms with Crippen LogP contribution in [0.2, 0.25) is 0 Å². The molecular weight excluding hydrogens is 234 g/mol. The van der Waals surface area contributed by atoms with Crippen LogP contribution in [0.1, 0.15) is 30.4 Å². The third-order valence-electron chi connectivity index (χ3n) is 3.65. The summed E-state index contributed by atoms with van der Waals surface area (Å²) in [6, 6.07) is 9.17. The van der Waals surface area contributed by atoms with Gasteiger partial charge in [0.05, 0.1) is 11.9 Å².